The fourth-order valence-electron chi connectivity index (χ4n) is 1.54. The van der Waals surface area contributed by atoms with E-state index in [9.17, 15) is 15.3 Å². The molecule has 0 fully saturated rings. The minimum absolute atomic E-state index is 0. The second kappa shape index (κ2) is 9.55. The van der Waals surface area contributed by atoms with E-state index in [4.69, 9.17) is 5.73 Å². The van der Waals surface area contributed by atoms with Crippen LogP contribution in [0.4, 0.5) is 5.82 Å². The van der Waals surface area contributed by atoms with Crippen molar-refractivity contribution in [2.75, 3.05) is 11.9 Å². The SMILES string of the molecule is C=CCNC(=O)/C(=C/[NH-])C(=[N-])Nc1cccc(C(C)(C)O)n1.[Y]. The predicted octanol–water partition coefficient (Wildman–Crippen LogP) is 1.92. The maximum absolute atomic E-state index is 11.8. The van der Waals surface area contributed by atoms with Crippen molar-refractivity contribution in [3.8, 4) is 0 Å². The monoisotopic (exact) mass is 390 g/mol. The van der Waals surface area contributed by atoms with E-state index >= 15 is 0 Å². The third-order valence-electron chi connectivity index (χ3n) is 2.67. The van der Waals surface area contributed by atoms with Crippen LogP contribution in [0.3, 0.4) is 0 Å². The molecule has 1 aromatic heterocycles. The molecule has 0 unspecified atom stereocenters. The van der Waals surface area contributed by atoms with E-state index in [2.05, 4.69) is 22.2 Å². The number of nitrogens with zero attached hydrogens (tertiary/aromatic N) is 2. The van der Waals surface area contributed by atoms with Gasteiger partial charge in [0.2, 0.25) is 5.91 Å². The van der Waals surface area contributed by atoms with Gasteiger partial charge in [-0.1, -0.05) is 18.0 Å². The van der Waals surface area contributed by atoms with Gasteiger partial charge in [0.25, 0.3) is 0 Å². The number of carbonyl (C=O) groups is 1. The molecule has 8 heteroatoms. The quantitative estimate of drug-likeness (QED) is 0.297. The number of amidine groups is 1. The van der Waals surface area contributed by atoms with Crippen LogP contribution in [0.25, 0.3) is 11.1 Å². The molecule has 0 aliphatic heterocycles. The predicted molar refractivity (Wildman–Crippen MR) is 87.1 cm³/mol. The summed E-state index contributed by atoms with van der Waals surface area (Å²) in [6.07, 6.45) is 2.22. The number of carbonyl (C=O) groups excluding carboxylic acids is 1. The van der Waals surface area contributed by atoms with Crippen molar-refractivity contribution in [2.24, 2.45) is 0 Å². The van der Waals surface area contributed by atoms with Crippen LogP contribution in [0.2, 0.25) is 0 Å². The van der Waals surface area contributed by atoms with Gasteiger partial charge in [0.15, 0.2) is 0 Å². The summed E-state index contributed by atoms with van der Waals surface area (Å²) in [5.41, 5.74) is 6.26. The third-order valence-corrected chi connectivity index (χ3v) is 2.67. The molecule has 23 heavy (non-hydrogen) atoms. The maximum atomic E-state index is 11.8. The largest absolute Gasteiger partial charge is 0.704 e. The van der Waals surface area contributed by atoms with Crippen LogP contribution in [0.1, 0.15) is 19.5 Å². The molecule has 0 saturated heterocycles. The van der Waals surface area contributed by atoms with Crippen molar-refractivity contribution in [3.05, 3.63) is 59.5 Å². The Balaban J connectivity index is 0.00000484. The Kier molecular flexibility index (Phi) is 8.90. The summed E-state index contributed by atoms with van der Waals surface area (Å²) in [6.45, 7) is 6.85. The summed E-state index contributed by atoms with van der Waals surface area (Å²) in [4.78, 5) is 15.9. The molecule has 0 aliphatic rings. The van der Waals surface area contributed by atoms with E-state index < -0.39 is 17.3 Å². The number of pyridine rings is 1. The first-order valence-electron chi connectivity index (χ1n) is 6.59. The van der Waals surface area contributed by atoms with Crippen LogP contribution in [-0.2, 0) is 43.1 Å². The molecular weight excluding hydrogens is 371 g/mol. The number of hydrogen-bond donors (Lipinski definition) is 3. The number of amides is 1. The molecule has 1 amide bonds. The smallest absolute Gasteiger partial charge is 0.249 e. The molecule has 4 N–H and O–H groups in total. The minimum Gasteiger partial charge on any atom is -0.704 e. The van der Waals surface area contributed by atoms with Gasteiger partial charge in [-0.15, -0.1) is 6.58 Å². The summed E-state index contributed by atoms with van der Waals surface area (Å²) in [6, 6.07) is 4.85. The molecule has 1 aromatic rings. The molecule has 0 spiro atoms. The fraction of sp³-hybridized carbons (Fsp3) is 0.267. The number of aromatic nitrogens is 1. The van der Waals surface area contributed by atoms with Gasteiger partial charge in [-0.05, 0) is 26.0 Å². The van der Waals surface area contributed by atoms with Crippen molar-refractivity contribution in [2.45, 2.75) is 19.4 Å². The molecule has 0 atom stereocenters. The molecule has 1 rings (SSSR count). The molecule has 0 saturated carbocycles. The van der Waals surface area contributed by atoms with E-state index in [0.717, 1.165) is 6.20 Å². The standard InChI is InChI=1S/C15H20N5O2.Y/c1-4-8-18-14(21)10(9-16)13(17)20-12-7-5-6-11(19-12)15(2,3)22;/h4-7,9,22H,1,8H2,2-3H3,(H4-,16,17,18,19,20,21);/q-1;/p-1. The molecule has 0 aromatic carbocycles. The minimum atomic E-state index is -1.14. The number of rotatable bonds is 6. The molecular formula is C15H19N5O2Y-2. The van der Waals surface area contributed by atoms with Crippen LogP contribution >= 0.6 is 0 Å². The second-order valence-electron chi connectivity index (χ2n) is 5.00. The Bertz CT molecular complexity index is 608. The van der Waals surface area contributed by atoms with Crippen molar-refractivity contribution in [1.29, 1.82) is 0 Å². The molecule has 1 radical (unpaired) electrons. The first-order chi connectivity index (χ1) is 10.3. The van der Waals surface area contributed by atoms with Gasteiger partial charge in [0.1, 0.15) is 5.60 Å². The van der Waals surface area contributed by atoms with Crippen molar-refractivity contribution >= 4 is 17.6 Å². The maximum Gasteiger partial charge on any atom is 0.249 e. The molecule has 121 valence electrons. The van der Waals surface area contributed by atoms with Crippen LogP contribution in [-0.4, -0.2) is 28.4 Å². The molecule has 1 heterocycles. The van der Waals surface area contributed by atoms with Gasteiger partial charge < -0.3 is 26.9 Å². The first-order valence-corrected chi connectivity index (χ1v) is 6.59. The summed E-state index contributed by atoms with van der Waals surface area (Å²) < 4.78 is 0. The van der Waals surface area contributed by atoms with E-state index in [1.807, 2.05) is 0 Å². The summed E-state index contributed by atoms with van der Waals surface area (Å²) >= 11 is 0. The van der Waals surface area contributed by atoms with Gasteiger partial charge in [-0.25, -0.2) is 0 Å². The van der Waals surface area contributed by atoms with E-state index in [-0.39, 0.29) is 50.6 Å². The van der Waals surface area contributed by atoms with Gasteiger partial charge in [-0.2, -0.15) is 6.20 Å². The zero-order valence-corrected chi connectivity index (χ0v) is 16.0. The fourth-order valence-corrected chi connectivity index (χ4v) is 1.54. The first kappa shape index (κ1) is 21.4. The van der Waals surface area contributed by atoms with Gasteiger partial charge in [0.05, 0.1) is 5.69 Å². The van der Waals surface area contributed by atoms with Crippen LogP contribution in [0.5, 0.6) is 0 Å². The van der Waals surface area contributed by atoms with E-state index in [0.29, 0.717) is 5.69 Å². The Labute approximate surface area is 160 Å². The number of nitrogens with one attached hydrogen (secondary N) is 3. The average molecular weight is 390 g/mol. The Morgan fingerprint density at radius 2 is 2.17 bits per heavy atom. The molecule has 7 nitrogen and oxygen atoms in total. The van der Waals surface area contributed by atoms with Crippen molar-refractivity contribution in [1.82, 2.24) is 10.3 Å². The zero-order valence-electron chi connectivity index (χ0n) is 13.1. The third kappa shape index (κ3) is 6.60. The summed E-state index contributed by atoms with van der Waals surface area (Å²) in [5, 5.41) is 24.9. The van der Waals surface area contributed by atoms with Crippen LogP contribution < -0.4 is 10.6 Å². The van der Waals surface area contributed by atoms with Crippen LogP contribution in [0.15, 0.2) is 42.6 Å². The topological polar surface area (TPSA) is 120 Å². The number of hydrogen-bond acceptors (Lipinski definition) is 3. The van der Waals surface area contributed by atoms with Crippen molar-refractivity contribution in [3.63, 3.8) is 0 Å². The molecule has 0 aliphatic carbocycles. The van der Waals surface area contributed by atoms with Gasteiger partial charge in [0, 0.05) is 50.6 Å². The summed E-state index contributed by atoms with van der Waals surface area (Å²) in [7, 11) is 0. The normalized spacial score (nSPS) is 11.2. The Morgan fingerprint density at radius 3 is 2.70 bits per heavy atom. The number of aliphatic hydroxyl groups is 1. The van der Waals surface area contributed by atoms with Gasteiger partial charge in [-0.3, -0.25) is 9.78 Å². The summed E-state index contributed by atoms with van der Waals surface area (Å²) in [5.74, 6) is -0.872. The van der Waals surface area contributed by atoms with E-state index in [1.165, 1.54) is 6.08 Å². The van der Waals surface area contributed by atoms with Crippen molar-refractivity contribution < 1.29 is 42.6 Å². The Hall–Kier alpha value is -1.57. The zero-order chi connectivity index (χ0) is 16.8. The molecule has 0 bridgehead atoms. The Morgan fingerprint density at radius 1 is 1.52 bits per heavy atom. The second-order valence-corrected chi connectivity index (χ2v) is 5.00. The average Bonchev–Trinajstić information content (AvgIpc) is 2.45. The van der Waals surface area contributed by atoms with E-state index in [1.54, 1.807) is 32.0 Å². The van der Waals surface area contributed by atoms with Crippen LogP contribution in [0, 0.1) is 0 Å². The number of anilines is 1. The van der Waals surface area contributed by atoms with Gasteiger partial charge >= 0.3 is 0 Å².